The molecule has 0 saturated carbocycles. The van der Waals surface area contributed by atoms with Crippen LogP contribution < -0.4 is 48.3 Å². The van der Waals surface area contributed by atoms with Crippen LogP contribution in [-0.2, 0) is 14.4 Å². The van der Waals surface area contributed by atoms with Crippen LogP contribution in [0.1, 0.15) is 64.2 Å². The van der Waals surface area contributed by atoms with E-state index in [2.05, 4.69) is 53.2 Å². The zero-order valence-corrected chi connectivity index (χ0v) is 46.6. The number of benzene rings is 3. The van der Waals surface area contributed by atoms with Gasteiger partial charge in [0.2, 0.25) is 11.8 Å². The van der Waals surface area contributed by atoms with Crippen molar-refractivity contribution in [3.8, 4) is 18.2 Å². The van der Waals surface area contributed by atoms with Gasteiger partial charge in [-0.2, -0.15) is 55.3 Å². The largest absolute Gasteiger partial charge is 0.480 e. The van der Waals surface area contributed by atoms with Gasteiger partial charge in [-0.1, -0.05) is 28.2 Å². The number of anilines is 3. The van der Waals surface area contributed by atoms with Gasteiger partial charge in [0.05, 0.1) is 16.7 Å². The molecule has 3 unspecified atom stereocenters. The molecule has 0 spiro atoms. The number of aliphatic carboxylic acids is 1. The number of piperidine rings is 3. The predicted molar refractivity (Wildman–Crippen MR) is 299 cm³/mol. The van der Waals surface area contributed by atoms with Crippen molar-refractivity contribution in [2.75, 3.05) is 54.0 Å². The number of fused-ring (bicyclic) bond motifs is 3. The van der Waals surface area contributed by atoms with E-state index in [1.807, 2.05) is 37.0 Å². The van der Waals surface area contributed by atoms with E-state index in [1.165, 1.54) is 43.2 Å². The zero-order chi connectivity index (χ0) is 65.3. The molecule has 3 fully saturated rings. The molecule has 3 aliphatic rings. The Balaban J connectivity index is 0.000000228. The summed E-state index contributed by atoms with van der Waals surface area (Å²) in [4.78, 5) is 63.3. The first-order valence-corrected chi connectivity index (χ1v) is 26.5. The van der Waals surface area contributed by atoms with E-state index < -0.39 is 84.0 Å². The average molecular weight is 1270 g/mol. The van der Waals surface area contributed by atoms with Gasteiger partial charge in [-0.05, 0) is 55.2 Å². The summed E-state index contributed by atoms with van der Waals surface area (Å²) in [5.74, 6) is -6.29. The molecule has 34 heteroatoms. The van der Waals surface area contributed by atoms with E-state index in [0.717, 1.165) is 25.1 Å². The van der Waals surface area contributed by atoms with Gasteiger partial charge < -0.3 is 53.4 Å². The van der Waals surface area contributed by atoms with E-state index in [0.29, 0.717) is 55.1 Å². The Morgan fingerprint density at radius 2 is 0.775 bits per heavy atom. The van der Waals surface area contributed by atoms with Gasteiger partial charge in [-0.25, -0.2) is 13.2 Å². The Morgan fingerprint density at radius 1 is 0.506 bits per heavy atom. The monoisotopic (exact) mass is 1260 g/mol. The van der Waals surface area contributed by atoms with Crippen LogP contribution in [0.2, 0.25) is 0 Å². The summed E-state index contributed by atoms with van der Waals surface area (Å²) < 4.78 is 154. The quantitative estimate of drug-likeness (QED) is 0.0842. The summed E-state index contributed by atoms with van der Waals surface area (Å²) in [7, 11) is 0. The third-order valence-electron chi connectivity index (χ3n) is 13.9. The fourth-order valence-electron chi connectivity index (χ4n) is 10.3. The first kappa shape index (κ1) is 70.7. The van der Waals surface area contributed by atoms with Crippen molar-refractivity contribution in [1.82, 2.24) is 40.5 Å². The Hall–Kier alpha value is -9.04. The number of nitrogens with one attached hydrogen (secondary N) is 2. The molecular weight excluding hydrogens is 1200 g/mol. The van der Waals surface area contributed by atoms with Crippen LogP contribution in [0.5, 0.6) is 0 Å². The average Bonchev–Trinajstić information content (AvgIpc) is 0.979. The van der Waals surface area contributed by atoms with Gasteiger partial charge in [0.25, 0.3) is 0 Å². The molecule has 0 radical (unpaired) electrons. The molecular formula is C55H60F12N18O4. The van der Waals surface area contributed by atoms with Crippen LogP contribution in [0.15, 0.2) is 55.4 Å². The molecule has 3 aromatic heterocycles. The molecule has 22 nitrogen and oxygen atoms in total. The molecule has 3 saturated heterocycles. The fraction of sp³-hybridized carbons (Fsp3) is 0.455. The van der Waals surface area contributed by atoms with E-state index >= 15 is 0 Å². The highest BCUT2D eigenvalue weighted by Gasteiger charge is 2.45. The number of amides is 2. The summed E-state index contributed by atoms with van der Waals surface area (Å²) in [6.07, 6.45) is -4.29. The van der Waals surface area contributed by atoms with Crippen molar-refractivity contribution in [3.05, 3.63) is 89.5 Å². The molecule has 2 amide bonds. The van der Waals surface area contributed by atoms with Gasteiger partial charge in [0.15, 0.2) is 18.1 Å². The molecule has 89 heavy (non-hydrogen) atoms. The van der Waals surface area contributed by atoms with Crippen LogP contribution in [0, 0.1) is 69.2 Å². The summed E-state index contributed by atoms with van der Waals surface area (Å²) in [6.45, 7) is 8.00. The number of hydrogen-bond donors (Lipinski definition) is 7. The number of nitrogens with two attached hydrogens (primary N) is 4. The summed E-state index contributed by atoms with van der Waals surface area (Å²) in [6, 6.07) is -0.293. The molecule has 478 valence electrons. The number of carbonyl (C=O) groups excluding carboxylic acids is 2. The molecule has 9 rings (SSSR count). The van der Waals surface area contributed by atoms with E-state index in [4.69, 9.17) is 27.6 Å². The van der Waals surface area contributed by atoms with Crippen molar-refractivity contribution in [2.45, 2.75) is 102 Å². The second-order valence-electron chi connectivity index (χ2n) is 21.2. The van der Waals surface area contributed by atoms with E-state index in [-0.39, 0.29) is 88.5 Å². The number of nitriles is 3. The summed E-state index contributed by atoms with van der Waals surface area (Å²) >= 11 is 0. The van der Waals surface area contributed by atoms with Crippen LogP contribution in [0.25, 0.3) is 33.1 Å². The van der Waals surface area contributed by atoms with Gasteiger partial charge in [-0.3, -0.25) is 44.3 Å². The Kier molecular flexibility index (Phi) is 23.3. The maximum absolute atomic E-state index is 14.8. The second kappa shape index (κ2) is 29.3. The lowest BCUT2D eigenvalue weighted by molar-refractivity contribution is -0.174. The third kappa shape index (κ3) is 17.4. The van der Waals surface area contributed by atoms with Crippen LogP contribution in [-0.4, -0.2) is 147 Å². The molecule has 3 aliphatic heterocycles. The number of rotatable bonds is 8. The Labute approximate surface area is 499 Å². The number of carboxylic acid groups (broad SMARTS) is 1. The van der Waals surface area contributed by atoms with Crippen molar-refractivity contribution < 1.29 is 72.2 Å². The minimum atomic E-state index is -4.85. The van der Waals surface area contributed by atoms with Crippen LogP contribution >= 0.6 is 0 Å². The minimum absolute atomic E-state index is 0. The molecule has 6 aromatic rings. The number of carboxylic acids is 1. The first-order chi connectivity index (χ1) is 41.2. The lowest BCUT2D eigenvalue weighted by Crippen LogP contribution is -2.57. The normalized spacial score (nSPS) is 20.4. The fourth-order valence-corrected chi connectivity index (χ4v) is 10.3. The molecule has 3 aromatic carbocycles. The van der Waals surface area contributed by atoms with Crippen molar-refractivity contribution in [2.24, 2.45) is 40.7 Å². The highest BCUT2D eigenvalue weighted by atomic mass is 19.4. The number of carbonyl (C=O) groups is 3. The highest BCUT2D eigenvalue weighted by molar-refractivity contribution is 5.94. The Bertz CT molecular complexity index is 3490. The lowest BCUT2D eigenvalue weighted by atomic mass is 9.94. The molecule has 9 atom stereocenters. The van der Waals surface area contributed by atoms with Crippen LogP contribution in [0.3, 0.4) is 0 Å². The second-order valence-corrected chi connectivity index (χ2v) is 21.2. The maximum Gasteiger partial charge on any atom is 0.414 e. The number of aromatic nitrogens is 6. The van der Waals surface area contributed by atoms with Crippen molar-refractivity contribution >= 4 is 67.9 Å². The molecule has 0 bridgehead atoms. The standard InChI is InChI=1S/2C18H18F4N6O.C15H16FN5.C3H4F3NO2.CH4/c2*1-9-4-11(27-17(29)16(24)18(20,21)22)8-28(7-9)15-12(19)5-10(6-23)13-14(15)26-3-2-25-13;1-9-4-11(18)8-21(7-9)15-12(16)5-10(6-17)13-14(15)20-3-2-19-13;4-3(5,6)1(7)2(8)9;/h2*2-3,5,9,11,16H,4,7-8,24H2,1H3,(H,27,29);2-3,5,9,11H,4,7-8,18H2,1H3;1H,7H2,(H,8,9);1H4/t2*9-,11+,16?;9-,11+;;/m000../s1. The number of nitrogens with zero attached hydrogens (tertiary/aromatic N) is 12. The maximum atomic E-state index is 14.8. The van der Waals surface area contributed by atoms with Gasteiger partial charge >= 0.3 is 24.5 Å². The van der Waals surface area contributed by atoms with Gasteiger partial charge in [-0.15, -0.1) is 0 Å². The zero-order valence-electron chi connectivity index (χ0n) is 46.6. The number of alkyl halides is 9. The van der Waals surface area contributed by atoms with Crippen molar-refractivity contribution in [3.63, 3.8) is 0 Å². The summed E-state index contributed by atoms with van der Waals surface area (Å²) in [5, 5.41) is 39.8. The molecule has 0 aliphatic carbocycles. The van der Waals surface area contributed by atoms with Crippen LogP contribution in [0.4, 0.5) is 69.7 Å². The van der Waals surface area contributed by atoms with E-state index in [9.17, 15) is 77.6 Å². The number of halogens is 12. The highest BCUT2D eigenvalue weighted by Crippen LogP contribution is 2.36. The predicted octanol–water partition coefficient (Wildman–Crippen LogP) is 6.13. The van der Waals surface area contributed by atoms with E-state index in [1.54, 1.807) is 9.80 Å². The SMILES string of the molecule is C.C[C@H]1C[C@@H](N)CN(c2c(F)cc(C#N)c3nccnc23)C1.C[C@H]1C[C@@H](NC(=O)C(N)C(F)(F)F)CN(c2c(F)cc(C#N)c3nccnc23)C1.C[C@H]1C[C@@H](NC(=O)C(N)C(F)(F)F)CN(c2c(F)cc(C#N)c3nccnc23)C1.NC(C(=O)O)C(F)(F)F. The van der Waals surface area contributed by atoms with Crippen molar-refractivity contribution in [1.29, 1.82) is 15.8 Å². The number of hydrogen-bond acceptors (Lipinski definition) is 19. The molecule has 11 N–H and O–H groups in total. The smallest absolute Gasteiger partial charge is 0.414 e. The topological polar surface area (TPSA) is 358 Å². The van der Waals surface area contributed by atoms with Gasteiger partial charge in [0, 0.05) is 94.6 Å². The van der Waals surface area contributed by atoms with Gasteiger partial charge in [0.1, 0.15) is 85.8 Å². The first-order valence-electron chi connectivity index (χ1n) is 26.5. The molecule has 6 heterocycles. The minimum Gasteiger partial charge on any atom is -0.480 e. The Morgan fingerprint density at radius 3 is 1.02 bits per heavy atom. The summed E-state index contributed by atoms with van der Waals surface area (Å²) in [5.41, 5.74) is 22.7. The third-order valence-corrected chi connectivity index (χ3v) is 13.9. The lowest BCUT2D eigenvalue weighted by Gasteiger charge is -2.39.